The maximum atomic E-state index is 13.1. The molecule has 1 atom stereocenters. The van der Waals surface area contributed by atoms with Crippen LogP contribution in [-0.2, 0) is 16.1 Å². The molecular weight excluding hydrogens is 423 g/mol. The van der Waals surface area contributed by atoms with Crippen molar-refractivity contribution >= 4 is 35.0 Å². The van der Waals surface area contributed by atoms with Gasteiger partial charge in [-0.15, -0.1) is 0 Å². The van der Waals surface area contributed by atoms with Crippen LogP contribution in [0.3, 0.4) is 0 Å². The van der Waals surface area contributed by atoms with E-state index in [4.69, 9.17) is 27.9 Å². The topological polar surface area (TPSA) is 58.6 Å². The van der Waals surface area contributed by atoms with Crippen molar-refractivity contribution in [3.63, 3.8) is 0 Å². The van der Waals surface area contributed by atoms with Gasteiger partial charge < -0.3 is 15.0 Å². The highest BCUT2D eigenvalue weighted by Crippen LogP contribution is 2.27. The molecule has 5 nitrogen and oxygen atoms in total. The van der Waals surface area contributed by atoms with Crippen LogP contribution >= 0.6 is 23.2 Å². The summed E-state index contributed by atoms with van der Waals surface area (Å²) in [7, 11) is 0. The molecule has 0 aliphatic heterocycles. The Bertz CT molecular complexity index is 895. The van der Waals surface area contributed by atoms with Crippen LogP contribution in [0, 0.1) is 13.8 Å². The highest BCUT2D eigenvalue weighted by molar-refractivity contribution is 6.36. The highest BCUT2D eigenvalue weighted by atomic mass is 35.5. The van der Waals surface area contributed by atoms with Crippen LogP contribution in [0.4, 0.5) is 0 Å². The number of hydrogen-bond acceptors (Lipinski definition) is 3. The summed E-state index contributed by atoms with van der Waals surface area (Å²) < 4.78 is 5.78. The molecule has 0 saturated carbocycles. The van der Waals surface area contributed by atoms with E-state index in [0.29, 0.717) is 21.4 Å². The normalized spacial score (nSPS) is 11.9. The average Bonchev–Trinajstić information content (AvgIpc) is 2.67. The van der Waals surface area contributed by atoms with Gasteiger partial charge in [-0.1, -0.05) is 41.4 Å². The molecule has 2 aromatic carbocycles. The molecule has 1 N–H and O–H groups in total. The summed E-state index contributed by atoms with van der Waals surface area (Å²) in [6.45, 7) is 9.18. The van der Waals surface area contributed by atoms with Crippen molar-refractivity contribution in [2.45, 2.75) is 53.2 Å². The monoisotopic (exact) mass is 450 g/mol. The first kappa shape index (κ1) is 24.0. The summed E-state index contributed by atoms with van der Waals surface area (Å²) in [5, 5.41) is 3.72. The van der Waals surface area contributed by atoms with Gasteiger partial charge in [0.2, 0.25) is 5.91 Å². The van der Waals surface area contributed by atoms with E-state index in [0.717, 1.165) is 11.1 Å². The van der Waals surface area contributed by atoms with Crippen LogP contribution < -0.4 is 10.1 Å². The molecule has 162 valence electrons. The van der Waals surface area contributed by atoms with E-state index in [2.05, 4.69) is 5.32 Å². The fourth-order valence-corrected chi connectivity index (χ4v) is 3.44. The molecule has 0 heterocycles. The third-order valence-electron chi connectivity index (χ3n) is 4.68. The van der Waals surface area contributed by atoms with Gasteiger partial charge in [-0.05, 0) is 63.9 Å². The Morgan fingerprint density at radius 2 is 1.70 bits per heavy atom. The zero-order valence-corrected chi connectivity index (χ0v) is 19.5. The summed E-state index contributed by atoms with van der Waals surface area (Å²) in [5.41, 5.74) is 2.55. The van der Waals surface area contributed by atoms with Crippen LogP contribution in [0.1, 0.15) is 37.5 Å². The van der Waals surface area contributed by atoms with Crippen molar-refractivity contribution in [1.82, 2.24) is 10.2 Å². The molecule has 0 unspecified atom stereocenters. The lowest BCUT2D eigenvalue weighted by Gasteiger charge is -2.30. The third kappa shape index (κ3) is 6.38. The molecule has 0 spiro atoms. The zero-order chi connectivity index (χ0) is 22.4. The van der Waals surface area contributed by atoms with Gasteiger partial charge >= 0.3 is 0 Å². The first-order chi connectivity index (χ1) is 14.1. The van der Waals surface area contributed by atoms with E-state index in [1.54, 1.807) is 25.1 Å². The van der Waals surface area contributed by atoms with Crippen molar-refractivity contribution in [2.75, 3.05) is 6.61 Å². The smallest absolute Gasteiger partial charge is 0.261 e. The van der Waals surface area contributed by atoms with Crippen molar-refractivity contribution in [3.05, 3.63) is 63.1 Å². The molecule has 2 aromatic rings. The predicted molar refractivity (Wildman–Crippen MR) is 121 cm³/mol. The van der Waals surface area contributed by atoms with Crippen molar-refractivity contribution < 1.29 is 14.3 Å². The summed E-state index contributed by atoms with van der Waals surface area (Å²) in [5.74, 6) is 0.0462. The summed E-state index contributed by atoms with van der Waals surface area (Å²) in [6.07, 6.45) is 0. The molecule has 0 fully saturated rings. The molecular formula is C23H28Cl2N2O3. The number of ether oxygens (including phenoxy) is 1. The molecule has 0 saturated heterocycles. The Balaban J connectivity index is 2.26. The second-order valence-electron chi connectivity index (χ2n) is 7.62. The summed E-state index contributed by atoms with van der Waals surface area (Å²) >= 11 is 12.6. The molecule has 0 bridgehead atoms. The number of nitrogens with one attached hydrogen (secondary N) is 1. The molecule has 0 aliphatic rings. The van der Waals surface area contributed by atoms with Gasteiger partial charge in [0.25, 0.3) is 5.91 Å². The second kappa shape index (κ2) is 10.7. The number of halogens is 2. The number of benzene rings is 2. The SMILES string of the molecule is Cc1ccc(C)c(OCC(=O)N(Cc2c(Cl)cccc2Cl)[C@@H](C)C(=O)NC(C)C)c1. The van der Waals surface area contributed by atoms with E-state index in [-0.39, 0.29) is 31.0 Å². The minimum atomic E-state index is -0.727. The third-order valence-corrected chi connectivity index (χ3v) is 5.39. The maximum Gasteiger partial charge on any atom is 0.261 e. The fraction of sp³-hybridized carbons (Fsp3) is 0.391. The predicted octanol–water partition coefficient (Wildman–Crippen LogP) is 4.93. The fourth-order valence-electron chi connectivity index (χ4n) is 2.93. The first-order valence-corrected chi connectivity index (χ1v) is 10.6. The van der Waals surface area contributed by atoms with Crippen LogP contribution in [-0.4, -0.2) is 35.4 Å². The molecule has 2 amide bonds. The standard InChI is InChI=1S/C23H28Cl2N2O3/c1-14(2)26-23(29)17(5)27(12-18-19(24)7-6-8-20(18)25)22(28)13-30-21-11-15(3)9-10-16(21)4/h6-11,14,17H,12-13H2,1-5H3,(H,26,29)/t17-/m0/s1. The van der Waals surface area contributed by atoms with E-state index < -0.39 is 6.04 Å². The van der Waals surface area contributed by atoms with Crippen LogP contribution in [0.25, 0.3) is 0 Å². The number of amides is 2. The van der Waals surface area contributed by atoms with E-state index in [1.807, 2.05) is 45.9 Å². The van der Waals surface area contributed by atoms with Crippen molar-refractivity contribution in [1.29, 1.82) is 0 Å². The van der Waals surface area contributed by atoms with Gasteiger partial charge in [0.15, 0.2) is 6.61 Å². The molecule has 0 aliphatic carbocycles. The Kier molecular flexibility index (Phi) is 8.56. The van der Waals surface area contributed by atoms with Gasteiger partial charge in [0, 0.05) is 28.2 Å². The van der Waals surface area contributed by atoms with Gasteiger partial charge in [-0.2, -0.15) is 0 Å². The molecule has 0 aromatic heterocycles. The molecule has 2 rings (SSSR count). The first-order valence-electron chi connectivity index (χ1n) is 9.83. The van der Waals surface area contributed by atoms with Gasteiger partial charge in [0.1, 0.15) is 11.8 Å². The number of carbonyl (C=O) groups excluding carboxylic acids is 2. The van der Waals surface area contributed by atoms with Crippen molar-refractivity contribution in [2.24, 2.45) is 0 Å². The Morgan fingerprint density at radius 1 is 1.07 bits per heavy atom. The summed E-state index contributed by atoms with van der Waals surface area (Å²) in [6, 6.07) is 10.2. The minimum absolute atomic E-state index is 0.0491. The van der Waals surface area contributed by atoms with Crippen LogP contribution in [0.15, 0.2) is 36.4 Å². The lowest BCUT2D eigenvalue weighted by molar-refractivity contribution is -0.142. The largest absolute Gasteiger partial charge is 0.483 e. The highest BCUT2D eigenvalue weighted by Gasteiger charge is 2.28. The zero-order valence-electron chi connectivity index (χ0n) is 18.0. The molecule has 7 heteroatoms. The Morgan fingerprint density at radius 3 is 2.30 bits per heavy atom. The van der Waals surface area contributed by atoms with E-state index >= 15 is 0 Å². The van der Waals surface area contributed by atoms with Gasteiger partial charge in [-0.3, -0.25) is 9.59 Å². The van der Waals surface area contributed by atoms with Gasteiger partial charge in [-0.25, -0.2) is 0 Å². The number of rotatable bonds is 8. The average molecular weight is 451 g/mol. The van der Waals surface area contributed by atoms with Gasteiger partial charge in [0.05, 0.1) is 0 Å². The Labute approximate surface area is 188 Å². The Hall–Kier alpha value is -2.24. The van der Waals surface area contributed by atoms with Crippen molar-refractivity contribution in [3.8, 4) is 5.75 Å². The number of carbonyl (C=O) groups is 2. The minimum Gasteiger partial charge on any atom is -0.483 e. The van der Waals surface area contributed by atoms with Crippen LogP contribution in [0.5, 0.6) is 5.75 Å². The lowest BCUT2D eigenvalue weighted by atomic mass is 10.1. The number of nitrogens with zero attached hydrogens (tertiary/aromatic N) is 1. The number of hydrogen-bond donors (Lipinski definition) is 1. The molecule has 30 heavy (non-hydrogen) atoms. The summed E-state index contributed by atoms with van der Waals surface area (Å²) in [4.78, 5) is 27.2. The maximum absolute atomic E-state index is 13.1. The molecule has 0 radical (unpaired) electrons. The van der Waals surface area contributed by atoms with E-state index in [9.17, 15) is 9.59 Å². The van der Waals surface area contributed by atoms with Crippen LogP contribution in [0.2, 0.25) is 10.0 Å². The lowest BCUT2D eigenvalue weighted by Crippen LogP contribution is -2.50. The quantitative estimate of drug-likeness (QED) is 0.619. The second-order valence-corrected chi connectivity index (χ2v) is 8.43. The van der Waals surface area contributed by atoms with E-state index in [1.165, 1.54) is 4.90 Å². The number of aryl methyl sites for hydroxylation is 2.